The monoisotopic (exact) mass is 535 g/mol. The SMILES string of the molecule is Cc1ccc(C(C(=O)Nc2c(C)cccc2C)N(C(=O)C(CC(C)C)NC(=O)OC(C)(C)C)C2CCC2)cc1. The quantitative estimate of drug-likeness (QED) is 0.378. The third-order valence-corrected chi connectivity index (χ3v) is 7.07. The molecule has 2 unspecified atom stereocenters. The minimum Gasteiger partial charge on any atom is -0.444 e. The van der Waals surface area contributed by atoms with Crippen LogP contribution in [-0.2, 0) is 14.3 Å². The van der Waals surface area contributed by atoms with E-state index in [0.29, 0.717) is 6.42 Å². The van der Waals surface area contributed by atoms with Crippen LogP contribution in [0.25, 0.3) is 0 Å². The molecule has 2 N–H and O–H groups in total. The topological polar surface area (TPSA) is 87.7 Å². The molecule has 2 atom stereocenters. The van der Waals surface area contributed by atoms with Crippen LogP contribution in [0.1, 0.15) is 88.6 Å². The van der Waals surface area contributed by atoms with E-state index in [4.69, 9.17) is 4.74 Å². The van der Waals surface area contributed by atoms with Crippen molar-refractivity contribution in [3.05, 3.63) is 64.7 Å². The first kappa shape index (κ1) is 30.2. The Balaban J connectivity index is 2.04. The highest BCUT2D eigenvalue weighted by Crippen LogP contribution is 2.35. The number of para-hydroxylation sites is 1. The van der Waals surface area contributed by atoms with E-state index < -0.39 is 23.8 Å². The van der Waals surface area contributed by atoms with Gasteiger partial charge in [-0.3, -0.25) is 9.59 Å². The van der Waals surface area contributed by atoms with Gasteiger partial charge in [0, 0.05) is 11.7 Å². The van der Waals surface area contributed by atoms with Gasteiger partial charge in [-0.15, -0.1) is 0 Å². The van der Waals surface area contributed by atoms with E-state index in [1.54, 1.807) is 25.7 Å². The third-order valence-electron chi connectivity index (χ3n) is 7.07. The van der Waals surface area contributed by atoms with Crippen molar-refractivity contribution in [2.75, 3.05) is 5.32 Å². The van der Waals surface area contributed by atoms with Crippen molar-refractivity contribution in [2.45, 2.75) is 105 Å². The van der Waals surface area contributed by atoms with Crippen molar-refractivity contribution in [3.63, 3.8) is 0 Å². The summed E-state index contributed by atoms with van der Waals surface area (Å²) < 4.78 is 5.49. The Morgan fingerprint density at radius 1 is 0.974 bits per heavy atom. The molecule has 1 aliphatic carbocycles. The molecule has 0 heterocycles. The summed E-state index contributed by atoms with van der Waals surface area (Å²) in [6, 6.07) is 11.9. The van der Waals surface area contributed by atoms with Crippen LogP contribution in [0.2, 0.25) is 0 Å². The second-order valence-electron chi connectivity index (χ2n) is 12.2. The molecule has 212 valence electrons. The van der Waals surface area contributed by atoms with Gasteiger partial charge in [0.25, 0.3) is 5.91 Å². The average molecular weight is 536 g/mol. The van der Waals surface area contributed by atoms with E-state index in [1.807, 2.05) is 77.1 Å². The number of nitrogens with one attached hydrogen (secondary N) is 2. The molecule has 3 amide bonds. The molecule has 2 aromatic rings. The zero-order valence-corrected chi connectivity index (χ0v) is 24.8. The van der Waals surface area contributed by atoms with Gasteiger partial charge in [0.2, 0.25) is 5.91 Å². The summed E-state index contributed by atoms with van der Waals surface area (Å²) in [6.07, 6.45) is 2.40. The van der Waals surface area contributed by atoms with Gasteiger partial charge in [-0.05, 0) is 89.8 Å². The van der Waals surface area contributed by atoms with Gasteiger partial charge in [0.15, 0.2) is 0 Å². The number of anilines is 1. The molecule has 0 radical (unpaired) electrons. The van der Waals surface area contributed by atoms with Gasteiger partial charge in [-0.25, -0.2) is 4.79 Å². The molecule has 39 heavy (non-hydrogen) atoms. The van der Waals surface area contributed by atoms with Crippen LogP contribution in [0.3, 0.4) is 0 Å². The molecular formula is C32H45N3O4. The number of alkyl carbamates (subject to hydrolysis) is 1. The molecule has 3 rings (SSSR count). The first-order valence-corrected chi connectivity index (χ1v) is 14.0. The van der Waals surface area contributed by atoms with Crippen LogP contribution in [0.5, 0.6) is 0 Å². The number of hydrogen-bond acceptors (Lipinski definition) is 4. The molecule has 2 aromatic carbocycles. The Morgan fingerprint density at radius 2 is 1.56 bits per heavy atom. The molecule has 7 heteroatoms. The van der Waals surface area contributed by atoms with Crippen molar-refractivity contribution >= 4 is 23.6 Å². The Kier molecular flexibility index (Phi) is 9.81. The summed E-state index contributed by atoms with van der Waals surface area (Å²) in [5.41, 5.74) is 3.78. The lowest BCUT2D eigenvalue weighted by Gasteiger charge is -2.44. The van der Waals surface area contributed by atoms with Gasteiger partial charge >= 0.3 is 6.09 Å². The molecule has 0 spiro atoms. The van der Waals surface area contributed by atoms with Crippen LogP contribution >= 0.6 is 0 Å². The Labute approximate surface area is 233 Å². The van der Waals surface area contributed by atoms with Crippen LogP contribution in [0.4, 0.5) is 10.5 Å². The molecule has 0 aromatic heterocycles. The number of hydrogen-bond donors (Lipinski definition) is 2. The van der Waals surface area contributed by atoms with E-state index in [9.17, 15) is 14.4 Å². The lowest BCUT2D eigenvalue weighted by Crippen LogP contribution is -2.57. The minimum atomic E-state index is -0.850. The first-order valence-electron chi connectivity index (χ1n) is 14.0. The summed E-state index contributed by atoms with van der Waals surface area (Å²) >= 11 is 0. The first-order chi connectivity index (χ1) is 18.3. The third kappa shape index (κ3) is 8.07. The molecule has 0 aliphatic heterocycles. The van der Waals surface area contributed by atoms with E-state index in [1.165, 1.54) is 0 Å². The Hall–Kier alpha value is -3.35. The number of aryl methyl sites for hydroxylation is 3. The maximum atomic E-state index is 14.4. The normalized spacial score (nSPS) is 15.2. The summed E-state index contributed by atoms with van der Waals surface area (Å²) in [5, 5.41) is 5.96. The van der Waals surface area contributed by atoms with Crippen LogP contribution in [0.15, 0.2) is 42.5 Å². The van der Waals surface area contributed by atoms with E-state index in [-0.39, 0.29) is 23.8 Å². The Morgan fingerprint density at radius 3 is 2.05 bits per heavy atom. The predicted molar refractivity (Wildman–Crippen MR) is 156 cm³/mol. The van der Waals surface area contributed by atoms with E-state index >= 15 is 0 Å². The van der Waals surface area contributed by atoms with Crippen LogP contribution in [0, 0.1) is 26.7 Å². The van der Waals surface area contributed by atoms with Crippen molar-refractivity contribution in [2.24, 2.45) is 5.92 Å². The van der Waals surface area contributed by atoms with Crippen molar-refractivity contribution in [3.8, 4) is 0 Å². The number of carbonyl (C=O) groups excluding carboxylic acids is 3. The molecule has 1 fully saturated rings. The highest BCUT2D eigenvalue weighted by molar-refractivity contribution is 6.00. The minimum absolute atomic E-state index is 0.0948. The number of ether oxygens (including phenoxy) is 1. The Bertz CT molecular complexity index is 1140. The highest BCUT2D eigenvalue weighted by Gasteiger charge is 2.42. The van der Waals surface area contributed by atoms with E-state index in [0.717, 1.165) is 47.2 Å². The van der Waals surface area contributed by atoms with Gasteiger partial charge in [-0.1, -0.05) is 61.9 Å². The van der Waals surface area contributed by atoms with Gasteiger partial charge < -0.3 is 20.3 Å². The summed E-state index contributed by atoms with van der Waals surface area (Å²) in [5.74, 6) is -0.392. The predicted octanol–water partition coefficient (Wildman–Crippen LogP) is 6.61. The summed E-state index contributed by atoms with van der Waals surface area (Å²) in [7, 11) is 0. The lowest BCUT2D eigenvalue weighted by atomic mass is 9.87. The molecule has 1 saturated carbocycles. The van der Waals surface area contributed by atoms with Crippen LogP contribution < -0.4 is 10.6 Å². The van der Waals surface area contributed by atoms with Crippen LogP contribution in [-0.4, -0.2) is 40.5 Å². The second-order valence-corrected chi connectivity index (χ2v) is 12.2. The molecule has 0 saturated heterocycles. The zero-order valence-electron chi connectivity index (χ0n) is 24.8. The molecular weight excluding hydrogens is 490 g/mol. The molecule has 1 aliphatic rings. The van der Waals surface area contributed by atoms with Gasteiger partial charge in [0.05, 0.1) is 0 Å². The highest BCUT2D eigenvalue weighted by atomic mass is 16.6. The molecule has 0 bridgehead atoms. The van der Waals surface area contributed by atoms with Gasteiger partial charge in [0.1, 0.15) is 17.7 Å². The van der Waals surface area contributed by atoms with Crippen molar-refractivity contribution in [1.82, 2.24) is 10.2 Å². The summed E-state index contributed by atoms with van der Waals surface area (Å²) in [4.78, 5) is 43.0. The molecule has 7 nitrogen and oxygen atoms in total. The zero-order chi connectivity index (χ0) is 28.9. The maximum Gasteiger partial charge on any atom is 0.408 e. The van der Waals surface area contributed by atoms with Gasteiger partial charge in [-0.2, -0.15) is 0 Å². The van der Waals surface area contributed by atoms with E-state index in [2.05, 4.69) is 10.6 Å². The average Bonchev–Trinajstić information content (AvgIpc) is 2.78. The van der Waals surface area contributed by atoms with Crippen molar-refractivity contribution in [1.29, 1.82) is 0 Å². The largest absolute Gasteiger partial charge is 0.444 e. The summed E-state index contributed by atoms with van der Waals surface area (Å²) in [6.45, 7) is 15.3. The fourth-order valence-corrected chi connectivity index (χ4v) is 4.90. The standard InChI is InChI=1S/C32H45N3O4/c1-20(2)19-26(33-31(38)39-32(6,7)8)30(37)35(25-13-10-14-25)28(24-17-15-21(3)16-18-24)29(36)34-27-22(4)11-9-12-23(27)5/h9,11-12,15-18,20,25-26,28H,10,13-14,19H2,1-8H3,(H,33,38)(H,34,36). The number of nitrogens with zero attached hydrogens (tertiary/aromatic N) is 1. The fraction of sp³-hybridized carbons (Fsp3) is 0.531. The van der Waals surface area contributed by atoms with Crippen molar-refractivity contribution < 1.29 is 19.1 Å². The lowest BCUT2D eigenvalue weighted by molar-refractivity contribution is -0.146. The smallest absolute Gasteiger partial charge is 0.408 e. The fourth-order valence-electron chi connectivity index (χ4n) is 4.90. The number of rotatable bonds is 9. The number of carbonyl (C=O) groups is 3. The maximum absolute atomic E-state index is 14.4. The number of amides is 3. The number of benzene rings is 2. The second kappa shape index (κ2) is 12.7.